The van der Waals surface area contributed by atoms with E-state index < -0.39 is 0 Å². The van der Waals surface area contributed by atoms with Crippen LogP contribution in [-0.4, -0.2) is 43.3 Å². The van der Waals surface area contributed by atoms with Gasteiger partial charge in [0.15, 0.2) is 11.5 Å². The first-order chi connectivity index (χ1) is 9.67. The highest BCUT2D eigenvalue weighted by Gasteiger charge is 2.27. The average molecular weight is 278 g/mol. The van der Waals surface area contributed by atoms with E-state index in [-0.39, 0.29) is 5.75 Å². The van der Waals surface area contributed by atoms with Gasteiger partial charge in [-0.15, -0.1) is 0 Å². The van der Waals surface area contributed by atoms with E-state index >= 15 is 0 Å². The first-order valence-electron chi connectivity index (χ1n) is 7.49. The largest absolute Gasteiger partial charge is 0.504 e. The zero-order chi connectivity index (χ0) is 14.5. The lowest BCUT2D eigenvalue weighted by atomic mass is 9.90. The molecular formula is C16H26N2O2. The second kappa shape index (κ2) is 6.95. The molecular weight excluding hydrogens is 252 g/mol. The molecule has 0 radical (unpaired) electrons. The lowest BCUT2D eigenvalue weighted by Crippen LogP contribution is -2.46. The zero-order valence-electron chi connectivity index (χ0n) is 12.7. The number of nitrogens with one attached hydrogen (secondary N) is 1. The normalized spacial score (nSPS) is 19.6. The van der Waals surface area contributed by atoms with Gasteiger partial charge in [-0.1, -0.05) is 26.3 Å². The third-order valence-corrected chi connectivity index (χ3v) is 4.27. The first kappa shape index (κ1) is 15.1. The van der Waals surface area contributed by atoms with Gasteiger partial charge in [-0.3, -0.25) is 4.90 Å². The Hall–Kier alpha value is -1.26. The van der Waals surface area contributed by atoms with E-state index in [1.807, 2.05) is 12.1 Å². The minimum absolute atomic E-state index is 0.230. The van der Waals surface area contributed by atoms with Crippen molar-refractivity contribution in [2.45, 2.75) is 26.3 Å². The lowest BCUT2D eigenvalue weighted by molar-refractivity contribution is 0.128. The van der Waals surface area contributed by atoms with Crippen molar-refractivity contribution in [2.75, 3.05) is 33.3 Å². The summed E-state index contributed by atoms with van der Waals surface area (Å²) < 4.78 is 5.14. The number of piperazine rings is 1. The van der Waals surface area contributed by atoms with Crippen LogP contribution in [0, 0.1) is 5.92 Å². The molecule has 2 rings (SSSR count). The number of nitrogens with zero attached hydrogens (tertiary/aromatic N) is 1. The fraction of sp³-hybridized carbons (Fsp3) is 0.625. The van der Waals surface area contributed by atoms with Crippen LogP contribution < -0.4 is 10.1 Å². The summed E-state index contributed by atoms with van der Waals surface area (Å²) in [5.41, 5.74) is 1.18. The molecule has 1 fully saturated rings. The molecule has 1 aromatic rings. The Morgan fingerprint density at radius 2 is 2.05 bits per heavy atom. The van der Waals surface area contributed by atoms with Gasteiger partial charge in [0, 0.05) is 32.2 Å². The molecule has 0 spiro atoms. The molecule has 112 valence electrons. The molecule has 0 saturated carbocycles. The maximum absolute atomic E-state index is 10.0. The molecule has 2 atom stereocenters. The Bertz CT molecular complexity index is 430. The van der Waals surface area contributed by atoms with Crippen molar-refractivity contribution in [3.05, 3.63) is 23.8 Å². The maximum Gasteiger partial charge on any atom is 0.160 e. The van der Waals surface area contributed by atoms with Gasteiger partial charge in [-0.2, -0.15) is 0 Å². The maximum atomic E-state index is 10.0. The Kier molecular flexibility index (Phi) is 5.26. The van der Waals surface area contributed by atoms with E-state index in [4.69, 9.17) is 4.74 Å². The second-order valence-electron chi connectivity index (χ2n) is 5.55. The number of rotatable bonds is 5. The first-order valence-corrected chi connectivity index (χ1v) is 7.49. The van der Waals surface area contributed by atoms with Crippen molar-refractivity contribution in [3.8, 4) is 11.5 Å². The number of ether oxygens (including phenoxy) is 1. The van der Waals surface area contributed by atoms with Crippen LogP contribution in [0.1, 0.15) is 31.9 Å². The van der Waals surface area contributed by atoms with Crippen molar-refractivity contribution in [1.82, 2.24) is 10.2 Å². The molecule has 4 heteroatoms. The molecule has 0 bridgehead atoms. The molecule has 1 heterocycles. The lowest BCUT2D eigenvalue weighted by Gasteiger charge is -2.38. The summed E-state index contributed by atoms with van der Waals surface area (Å²) in [6.45, 7) is 8.70. The van der Waals surface area contributed by atoms with Crippen molar-refractivity contribution < 1.29 is 9.84 Å². The third kappa shape index (κ3) is 3.25. The van der Waals surface area contributed by atoms with Crippen LogP contribution in [0.4, 0.5) is 0 Å². The Labute approximate surface area is 121 Å². The van der Waals surface area contributed by atoms with Gasteiger partial charge >= 0.3 is 0 Å². The fourth-order valence-electron chi connectivity index (χ4n) is 2.97. The molecule has 0 amide bonds. The van der Waals surface area contributed by atoms with Gasteiger partial charge in [0.25, 0.3) is 0 Å². The number of phenolic OH excluding ortho intramolecular Hbond substituents is 1. The Balaban J connectivity index is 2.27. The summed E-state index contributed by atoms with van der Waals surface area (Å²) >= 11 is 0. The number of methoxy groups -OCH3 is 1. The standard InChI is InChI=1S/C16H26N2O2/c1-4-12(2)16(18-9-7-17-8-10-18)13-5-6-15(20-3)14(19)11-13/h5-6,11-12,16-17,19H,4,7-10H2,1-3H3/t12?,16-/m0/s1. The Morgan fingerprint density at radius 1 is 1.35 bits per heavy atom. The number of benzene rings is 1. The minimum atomic E-state index is 0.230. The summed E-state index contributed by atoms with van der Waals surface area (Å²) in [6.07, 6.45) is 1.13. The van der Waals surface area contributed by atoms with E-state index in [9.17, 15) is 5.11 Å². The molecule has 0 aliphatic carbocycles. The molecule has 4 nitrogen and oxygen atoms in total. The molecule has 0 aromatic heterocycles. The highest BCUT2D eigenvalue weighted by atomic mass is 16.5. The summed E-state index contributed by atoms with van der Waals surface area (Å²) in [4.78, 5) is 2.52. The molecule has 20 heavy (non-hydrogen) atoms. The van der Waals surface area contributed by atoms with Crippen LogP contribution in [0.5, 0.6) is 11.5 Å². The van der Waals surface area contributed by atoms with Crippen molar-refractivity contribution in [2.24, 2.45) is 5.92 Å². The topological polar surface area (TPSA) is 44.7 Å². The number of hydrogen-bond donors (Lipinski definition) is 2. The molecule has 2 N–H and O–H groups in total. The molecule has 1 unspecified atom stereocenters. The third-order valence-electron chi connectivity index (χ3n) is 4.27. The summed E-state index contributed by atoms with van der Waals surface area (Å²) in [7, 11) is 1.58. The van der Waals surface area contributed by atoms with Crippen LogP contribution in [0.2, 0.25) is 0 Å². The van der Waals surface area contributed by atoms with E-state index in [0.29, 0.717) is 17.7 Å². The van der Waals surface area contributed by atoms with Crippen LogP contribution in [-0.2, 0) is 0 Å². The van der Waals surface area contributed by atoms with Gasteiger partial charge in [0.05, 0.1) is 7.11 Å². The highest BCUT2D eigenvalue weighted by molar-refractivity contribution is 5.42. The smallest absolute Gasteiger partial charge is 0.160 e. The summed E-state index contributed by atoms with van der Waals surface area (Å²) in [5.74, 6) is 1.33. The van der Waals surface area contributed by atoms with Crippen LogP contribution in [0.3, 0.4) is 0 Å². The van der Waals surface area contributed by atoms with Crippen LogP contribution >= 0.6 is 0 Å². The second-order valence-corrected chi connectivity index (χ2v) is 5.55. The number of hydrogen-bond acceptors (Lipinski definition) is 4. The van der Waals surface area contributed by atoms with E-state index in [2.05, 4.69) is 30.1 Å². The predicted molar refractivity (Wildman–Crippen MR) is 81.3 cm³/mol. The van der Waals surface area contributed by atoms with Gasteiger partial charge in [0.2, 0.25) is 0 Å². The molecule has 1 aliphatic heterocycles. The average Bonchev–Trinajstić information content (AvgIpc) is 2.48. The fourth-order valence-corrected chi connectivity index (χ4v) is 2.97. The van der Waals surface area contributed by atoms with Crippen molar-refractivity contribution >= 4 is 0 Å². The van der Waals surface area contributed by atoms with Gasteiger partial charge in [0.1, 0.15) is 0 Å². The van der Waals surface area contributed by atoms with Crippen LogP contribution in [0.25, 0.3) is 0 Å². The van der Waals surface area contributed by atoms with E-state index in [0.717, 1.165) is 32.6 Å². The summed E-state index contributed by atoms with van der Waals surface area (Å²) in [5, 5.41) is 13.4. The summed E-state index contributed by atoms with van der Waals surface area (Å²) in [6, 6.07) is 6.16. The monoisotopic (exact) mass is 278 g/mol. The molecule has 1 aromatic carbocycles. The zero-order valence-corrected chi connectivity index (χ0v) is 12.7. The number of phenols is 1. The molecule has 1 saturated heterocycles. The van der Waals surface area contributed by atoms with Crippen LogP contribution in [0.15, 0.2) is 18.2 Å². The van der Waals surface area contributed by atoms with Gasteiger partial charge in [-0.25, -0.2) is 0 Å². The SMILES string of the molecule is CCC(C)[C@@H](c1ccc(OC)c(O)c1)N1CCNCC1. The quantitative estimate of drug-likeness (QED) is 0.868. The van der Waals surface area contributed by atoms with E-state index in [1.165, 1.54) is 5.56 Å². The highest BCUT2D eigenvalue weighted by Crippen LogP contribution is 2.35. The van der Waals surface area contributed by atoms with Crippen molar-refractivity contribution in [3.63, 3.8) is 0 Å². The van der Waals surface area contributed by atoms with Gasteiger partial charge < -0.3 is 15.2 Å². The Morgan fingerprint density at radius 3 is 2.60 bits per heavy atom. The van der Waals surface area contributed by atoms with E-state index in [1.54, 1.807) is 7.11 Å². The number of aromatic hydroxyl groups is 1. The molecule has 1 aliphatic rings. The predicted octanol–water partition coefficient (Wildman–Crippen LogP) is 2.39. The van der Waals surface area contributed by atoms with Crippen molar-refractivity contribution in [1.29, 1.82) is 0 Å². The van der Waals surface area contributed by atoms with Gasteiger partial charge in [-0.05, 0) is 23.6 Å². The minimum Gasteiger partial charge on any atom is -0.504 e.